The molecule has 144 valence electrons. The fourth-order valence-electron chi connectivity index (χ4n) is 1.57. The number of carbonyl (C=O) groups excluding carboxylic acids is 2. The van der Waals surface area contributed by atoms with E-state index in [1.54, 1.807) is 0 Å². The SMILES string of the molecule is CC(=O)[C@H](CCCNC(=N)N)NC(=O)[C@@H](N)CSSC[C@H](N)C(=O)O. The van der Waals surface area contributed by atoms with E-state index in [0.29, 0.717) is 19.4 Å². The minimum absolute atomic E-state index is 0.150. The Bertz CT molecular complexity index is 479. The van der Waals surface area contributed by atoms with Crippen LogP contribution in [0.25, 0.3) is 0 Å². The molecule has 3 atom stereocenters. The molecule has 0 aromatic rings. The van der Waals surface area contributed by atoms with Crippen LogP contribution >= 0.6 is 21.6 Å². The van der Waals surface area contributed by atoms with Gasteiger partial charge in [0.15, 0.2) is 11.7 Å². The summed E-state index contributed by atoms with van der Waals surface area (Å²) in [6.07, 6.45) is 0.959. The summed E-state index contributed by atoms with van der Waals surface area (Å²) in [6, 6.07) is -2.44. The van der Waals surface area contributed by atoms with Gasteiger partial charge in [0.05, 0.1) is 12.1 Å². The number of carboxylic acids is 1. The minimum Gasteiger partial charge on any atom is -0.480 e. The zero-order chi connectivity index (χ0) is 19.4. The molecular formula is C13H26N6O4S2. The first-order valence-corrected chi connectivity index (χ1v) is 10.0. The molecule has 0 bridgehead atoms. The van der Waals surface area contributed by atoms with Crippen LogP contribution in [0.4, 0.5) is 0 Å². The molecule has 0 radical (unpaired) electrons. The lowest BCUT2D eigenvalue weighted by molar-refractivity contribution is -0.137. The monoisotopic (exact) mass is 394 g/mol. The summed E-state index contributed by atoms with van der Waals surface area (Å²) in [5.74, 6) is -1.40. The number of aliphatic carboxylic acids is 1. The van der Waals surface area contributed by atoms with E-state index in [-0.39, 0.29) is 23.2 Å². The van der Waals surface area contributed by atoms with Crippen LogP contribution in [0, 0.1) is 5.41 Å². The van der Waals surface area contributed by atoms with Crippen molar-refractivity contribution >= 4 is 45.2 Å². The lowest BCUT2D eigenvalue weighted by Crippen LogP contribution is -2.49. The molecular weight excluding hydrogens is 368 g/mol. The number of amides is 1. The smallest absolute Gasteiger partial charge is 0.321 e. The van der Waals surface area contributed by atoms with Crippen LogP contribution in [0.15, 0.2) is 0 Å². The van der Waals surface area contributed by atoms with Gasteiger partial charge in [0.2, 0.25) is 5.91 Å². The van der Waals surface area contributed by atoms with Gasteiger partial charge >= 0.3 is 5.97 Å². The lowest BCUT2D eigenvalue weighted by atomic mass is 10.1. The van der Waals surface area contributed by atoms with Gasteiger partial charge in [-0.25, -0.2) is 0 Å². The fourth-order valence-corrected chi connectivity index (χ4v) is 3.81. The Balaban J connectivity index is 4.15. The van der Waals surface area contributed by atoms with Crippen LogP contribution < -0.4 is 27.8 Å². The van der Waals surface area contributed by atoms with Crippen molar-refractivity contribution in [3.8, 4) is 0 Å². The van der Waals surface area contributed by atoms with E-state index in [0.717, 1.165) is 0 Å². The van der Waals surface area contributed by atoms with Crippen LogP contribution in [0.2, 0.25) is 0 Å². The third kappa shape index (κ3) is 11.6. The van der Waals surface area contributed by atoms with E-state index in [2.05, 4.69) is 10.6 Å². The first-order chi connectivity index (χ1) is 11.6. The number of nitrogens with one attached hydrogen (secondary N) is 3. The van der Waals surface area contributed by atoms with Crippen molar-refractivity contribution in [3.05, 3.63) is 0 Å². The first kappa shape index (κ1) is 23.5. The molecule has 0 unspecified atom stereocenters. The highest BCUT2D eigenvalue weighted by atomic mass is 33.1. The van der Waals surface area contributed by atoms with Gasteiger partial charge < -0.3 is 32.9 Å². The van der Waals surface area contributed by atoms with Gasteiger partial charge in [0, 0.05) is 18.1 Å². The topological polar surface area (TPSA) is 197 Å². The number of Topliss-reactive ketones (excluding diaryl/α,β-unsaturated/α-hetero) is 1. The van der Waals surface area contributed by atoms with Gasteiger partial charge in [-0.1, -0.05) is 21.6 Å². The summed E-state index contributed by atoms with van der Waals surface area (Å²) in [6.45, 7) is 1.81. The minimum atomic E-state index is -1.08. The number of hydrogen-bond acceptors (Lipinski definition) is 8. The molecule has 1 amide bonds. The molecule has 0 saturated heterocycles. The third-order valence-electron chi connectivity index (χ3n) is 3.02. The van der Waals surface area contributed by atoms with Gasteiger partial charge in [-0.05, 0) is 19.8 Å². The van der Waals surface area contributed by atoms with Crippen LogP contribution in [-0.4, -0.2) is 64.9 Å². The van der Waals surface area contributed by atoms with E-state index in [4.69, 9.17) is 27.7 Å². The third-order valence-corrected chi connectivity index (χ3v) is 5.50. The maximum absolute atomic E-state index is 12.0. The molecule has 10 N–H and O–H groups in total. The van der Waals surface area contributed by atoms with Crippen LogP contribution in [0.3, 0.4) is 0 Å². The van der Waals surface area contributed by atoms with Crippen molar-refractivity contribution in [3.63, 3.8) is 0 Å². The first-order valence-electron chi connectivity index (χ1n) is 7.52. The summed E-state index contributed by atoms with van der Waals surface area (Å²) in [7, 11) is 2.47. The maximum Gasteiger partial charge on any atom is 0.321 e. The lowest BCUT2D eigenvalue weighted by Gasteiger charge is -2.19. The van der Waals surface area contributed by atoms with Crippen molar-refractivity contribution < 1.29 is 19.5 Å². The molecule has 0 fully saturated rings. The Morgan fingerprint density at radius 2 is 1.72 bits per heavy atom. The summed E-state index contributed by atoms with van der Waals surface area (Å²) >= 11 is 0. The van der Waals surface area contributed by atoms with Crippen LogP contribution in [0.1, 0.15) is 19.8 Å². The van der Waals surface area contributed by atoms with Crippen molar-refractivity contribution in [2.45, 2.75) is 37.9 Å². The van der Waals surface area contributed by atoms with Gasteiger partial charge in [-0.3, -0.25) is 19.8 Å². The molecule has 0 heterocycles. The normalized spacial score (nSPS) is 14.2. The highest BCUT2D eigenvalue weighted by Crippen LogP contribution is 2.22. The van der Waals surface area contributed by atoms with Gasteiger partial charge in [-0.15, -0.1) is 0 Å². The highest BCUT2D eigenvalue weighted by Gasteiger charge is 2.21. The van der Waals surface area contributed by atoms with E-state index in [1.807, 2.05) is 0 Å². The molecule has 0 saturated carbocycles. The van der Waals surface area contributed by atoms with Gasteiger partial charge in [-0.2, -0.15) is 0 Å². The summed E-state index contributed by atoms with van der Waals surface area (Å²) in [4.78, 5) is 34.2. The molecule has 0 aliphatic heterocycles. The Labute approximate surface area is 154 Å². The molecule has 12 heteroatoms. The van der Waals surface area contributed by atoms with Crippen molar-refractivity contribution in [1.82, 2.24) is 10.6 Å². The highest BCUT2D eigenvalue weighted by molar-refractivity contribution is 8.76. The zero-order valence-corrected chi connectivity index (χ0v) is 15.6. The number of carbonyl (C=O) groups is 3. The second kappa shape index (κ2) is 12.8. The van der Waals surface area contributed by atoms with Crippen molar-refractivity contribution in [2.24, 2.45) is 17.2 Å². The molecule has 10 nitrogen and oxygen atoms in total. The quantitative estimate of drug-likeness (QED) is 0.0830. The standard InChI is InChI=1S/C13H26N6O4S2/c1-7(20)10(3-2-4-18-13(16)17)19-11(21)8(14)5-24-25-6-9(15)12(22)23/h8-10H,2-6,14-15H2,1H3,(H,19,21)(H,22,23)(H4,16,17,18)/t8-,9-,10-/m0/s1. The van der Waals surface area contributed by atoms with E-state index < -0.39 is 30.0 Å². The number of guanidine groups is 1. The Kier molecular flexibility index (Phi) is 12.0. The number of rotatable bonds is 13. The average Bonchev–Trinajstić information content (AvgIpc) is 2.52. The number of nitrogens with two attached hydrogens (primary N) is 3. The number of ketones is 1. The predicted molar refractivity (Wildman–Crippen MR) is 100 cm³/mol. The molecule has 0 rings (SSSR count). The van der Waals surface area contributed by atoms with Crippen LogP contribution in [-0.2, 0) is 14.4 Å². The second-order valence-corrected chi connectivity index (χ2v) is 7.83. The van der Waals surface area contributed by atoms with Crippen molar-refractivity contribution in [2.75, 3.05) is 18.1 Å². The van der Waals surface area contributed by atoms with Crippen molar-refractivity contribution in [1.29, 1.82) is 5.41 Å². The largest absolute Gasteiger partial charge is 0.480 e. The predicted octanol–water partition coefficient (Wildman–Crippen LogP) is -1.56. The van der Waals surface area contributed by atoms with Gasteiger partial charge in [0.25, 0.3) is 0 Å². The zero-order valence-electron chi connectivity index (χ0n) is 14.0. The fraction of sp³-hybridized carbons (Fsp3) is 0.692. The molecule has 0 aliphatic rings. The van der Waals surface area contributed by atoms with E-state index in [1.165, 1.54) is 28.5 Å². The van der Waals surface area contributed by atoms with E-state index in [9.17, 15) is 14.4 Å². The molecule has 0 spiro atoms. The van der Waals surface area contributed by atoms with E-state index >= 15 is 0 Å². The average molecular weight is 395 g/mol. The van der Waals surface area contributed by atoms with Gasteiger partial charge in [0.1, 0.15) is 6.04 Å². The molecule has 0 aromatic heterocycles. The molecule has 0 aliphatic carbocycles. The van der Waals surface area contributed by atoms with Crippen LogP contribution in [0.5, 0.6) is 0 Å². The maximum atomic E-state index is 12.0. The molecule has 0 aromatic carbocycles. The second-order valence-electron chi connectivity index (χ2n) is 5.27. The summed E-state index contributed by atoms with van der Waals surface area (Å²) in [5, 5.41) is 20.9. The number of carboxylic acid groups (broad SMARTS) is 1. The summed E-state index contributed by atoms with van der Waals surface area (Å²) in [5.41, 5.74) is 16.3. The Morgan fingerprint density at radius 1 is 1.16 bits per heavy atom. The summed E-state index contributed by atoms with van der Waals surface area (Å²) < 4.78 is 0. The number of hydrogen-bond donors (Lipinski definition) is 7. The Hall–Kier alpha value is -1.50. The molecule has 25 heavy (non-hydrogen) atoms. The Morgan fingerprint density at radius 3 is 2.20 bits per heavy atom.